The molecule has 0 radical (unpaired) electrons. The molecule has 0 aliphatic carbocycles. The molecule has 0 aromatic rings. The second-order valence-electron chi connectivity index (χ2n) is 4.65. The van der Waals surface area contributed by atoms with Crippen molar-refractivity contribution >= 4 is 14.9 Å². The fraction of sp³-hybridized carbons (Fsp3) is 0.923. The van der Waals surface area contributed by atoms with Crippen LogP contribution in [0.4, 0.5) is 0 Å². The lowest BCUT2D eigenvalue weighted by atomic mass is 10.2. The molecule has 0 spiro atoms. The minimum Gasteiger partial charge on any atom is -0.465 e. The van der Waals surface area contributed by atoms with Crippen LogP contribution in [0.1, 0.15) is 33.6 Å². The first kappa shape index (κ1) is 19.5. The number of nitrogens with zero attached hydrogens (tertiary/aromatic N) is 1. The molecule has 0 aromatic heterocycles. The SMILES string of the molecule is CCCOC(=O)C(C)CN(CCC)[Si](OC)(OC)OC. The lowest BCUT2D eigenvalue weighted by molar-refractivity contribution is -0.148. The molecule has 1 unspecified atom stereocenters. The van der Waals surface area contributed by atoms with Crippen LogP contribution in [0.15, 0.2) is 0 Å². The van der Waals surface area contributed by atoms with Gasteiger partial charge in [0.05, 0.1) is 12.5 Å². The standard InChI is InChI=1S/C13H29NO5Si/c1-7-9-14(20(16-4,17-5)18-6)11-12(3)13(15)19-10-8-2/h12H,7-11H2,1-6H3. The molecular formula is C13H29NO5Si. The van der Waals surface area contributed by atoms with E-state index in [9.17, 15) is 4.79 Å². The van der Waals surface area contributed by atoms with Crippen LogP contribution in [0.2, 0.25) is 0 Å². The highest BCUT2D eigenvalue weighted by atomic mass is 28.4. The van der Waals surface area contributed by atoms with Gasteiger partial charge in [0, 0.05) is 27.9 Å². The van der Waals surface area contributed by atoms with Gasteiger partial charge >= 0.3 is 14.9 Å². The maximum Gasteiger partial charge on any atom is 0.598 e. The molecule has 1 atom stereocenters. The maximum atomic E-state index is 11.9. The van der Waals surface area contributed by atoms with E-state index < -0.39 is 8.97 Å². The van der Waals surface area contributed by atoms with Crippen LogP contribution >= 0.6 is 0 Å². The van der Waals surface area contributed by atoms with Crippen molar-refractivity contribution in [3.8, 4) is 0 Å². The average molecular weight is 307 g/mol. The van der Waals surface area contributed by atoms with Gasteiger partial charge in [-0.1, -0.05) is 20.8 Å². The molecule has 0 heterocycles. The van der Waals surface area contributed by atoms with Crippen LogP contribution in [0, 0.1) is 5.92 Å². The minimum atomic E-state index is -2.88. The van der Waals surface area contributed by atoms with E-state index in [0.717, 1.165) is 19.4 Å². The van der Waals surface area contributed by atoms with Gasteiger partial charge in [0.25, 0.3) is 0 Å². The Morgan fingerprint density at radius 1 is 1.10 bits per heavy atom. The van der Waals surface area contributed by atoms with E-state index in [-0.39, 0.29) is 11.9 Å². The van der Waals surface area contributed by atoms with Gasteiger partial charge in [-0.05, 0) is 19.4 Å². The van der Waals surface area contributed by atoms with Crippen molar-refractivity contribution in [3.05, 3.63) is 0 Å². The third-order valence-electron chi connectivity index (χ3n) is 3.00. The van der Waals surface area contributed by atoms with Gasteiger partial charge in [0.2, 0.25) is 0 Å². The zero-order valence-corrected chi connectivity index (χ0v) is 14.6. The van der Waals surface area contributed by atoms with Crippen molar-refractivity contribution in [3.63, 3.8) is 0 Å². The zero-order valence-electron chi connectivity index (χ0n) is 13.6. The van der Waals surface area contributed by atoms with Gasteiger partial charge in [-0.25, -0.2) is 0 Å². The molecule has 0 fully saturated rings. The van der Waals surface area contributed by atoms with Crippen molar-refractivity contribution in [1.29, 1.82) is 0 Å². The van der Waals surface area contributed by atoms with Crippen molar-refractivity contribution < 1.29 is 22.8 Å². The Hall–Kier alpha value is -0.473. The molecule has 0 aliphatic rings. The number of carbonyl (C=O) groups is 1. The molecule has 120 valence electrons. The first-order chi connectivity index (χ1) is 9.51. The Bertz CT molecular complexity index is 265. The summed E-state index contributed by atoms with van der Waals surface area (Å²) in [5, 5.41) is 0. The monoisotopic (exact) mass is 307 g/mol. The van der Waals surface area contributed by atoms with E-state index in [1.54, 1.807) is 21.3 Å². The van der Waals surface area contributed by atoms with E-state index in [1.807, 2.05) is 18.4 Å². The van der Waals surface area contributed by atoms with E-state index >= 15 is 0 Å². The predicted molar refractivity (Wildman–Crippen MR) is 79.1 cm³/mol. The van der Waals surface area contributed by atoms with E-state index in [1.165, 1.54) is 0 Å². The highest BCUT2D eigenvalue weighted by molar-refractivity contribution is 6.57. The third-order valence-corrected chi connectivity index (χ3v) is 5.73. The molecule has 7 heteroatoms. The molecule has 0 N–H and O–H groups in total. The third kappa shape index (κ3) is 5.49. The lowest BCUT2D eigenvalue weighted by Crippen LogP contribution is -2.61. The lowest BCUT2D eigenvalue weighted by Gasteiger charge is -2.36. The number of carbonyl (C=O) groups excluding carboxylic acids is 1. The molecule has 0 amide bonds. The number of hydrogen-bond donors (Lipinski definition) is 0. The van der Waals surface area contributed by atoms with Crippen LogP contribution in [0.5, 0.6) is 0 Å². The van der Waals surface area contributed by atoms with Gasteiger partial charge in [0.1, 0.15) is 0 Å². The summed E-state index contributed by atoms with van der Waals surface area (Å²) < 4.78 is 23.6. The quantitative estimate of drug-likeness (QED) is 0.427. The van der Waals surface area contributed by atoms with Gasteiger partial charge < -0.3 is 18.0 Å². The van der Waals surface area contributed by atoms with E-state index in [2.05, 4.69) is 6.92 Å². The number of ether oxygens (including phenoxy) is 1. The molecule has 0 aliphatic heterocycles. The minimum absolute atomic E-state index is 0.195. The van der Waals surface area contributed by atoms with Crippen LogP contribution in [0.25, 0.3) is 0 Å². The Morgan fingerprint density at radius 2 is 1.65 bits per heavy atom. The van der Waals surface area contributed by atoms with Crippen molar-refractivity contribution in [1.82, 2.24) is 4.57 Å². The zero-order chi connectivity index (χ0) is 15.6. The van der Waals surface area contributed by atoms with Gasteiger partial charge in [0.15, 0.2) is 0 Å². The van der Waals surface area contributed by atoms with Crippen LogP contribution in [-0.4, -0.2) is 60.5 Å². The van der Waals surface area contributed by atoms with E-state index in [4.69, 9.17) is 18.0 Å². The second-order valence-corrected chi connectivity index (χ2v) is 7.56. The molecular weight excluding hydrogens is 278 g/mol. The first-order valence-corrected chi connectivity index (χ1v) is 8.75. The number of rotatable bonds is 11. The first-order valence-electron chi connectivity index (χ1n) is 7.08. The van der Waals surface area contributed by atoms with E-state index in [0.29, 0.717) is 13.2 Å². The molecule has 6 nitrogen and oxygen atoms in total. The largest absolute Gasteiger partial charge is 0.598 e. The average Bonchev–Trinajstić information content (AvgIpc) is 2.47. The summed E-state index contributed by atoms with van der Waals surface area (Å²) in [6.45, 7) is 7.58. The van der Waals surface area contributed by atoms with Gasteiger partial charge in [-0.2, -0.15) is 0 Å². The van der Waals surface area contributed by atoms with Crippen LogP contribution in [0.3, 0.4) is 0 Å². The Morgan fingerprint density at radius 3 is 2.05 bits per heavy atom. The van der Waals surface area contributed by atoms with Gasteiger partial charge in [-0.3, -0.25) is 9.36 Å². The summed E-state index contributed by atoms with van der Waals surface area (Å²) >= 11 is 0. The molecule has 0 saturated carbocycles. The second kappa shape index (κ2) is 10.3. The Labute approximate surface area is 123 Å². The molecule has 0 rings (SSSR count). The van der Waals surface area contributed by atoms with Crippen LogP contribution < -0.4 is 0 Å². The van der Waals surface area contributed by atoms with Crippen molar-refractivity contribution in [2.45, 2.75) is 33.6 Å². The number of hydrogen-bond acceptors (Lipinski definition) is 6. The fourth-order valence-electron chi connectivity index (χ4n) is 2.00. The molecule has 20 heavy (non-hydrogen) atoms. The smallest absolute Gasteiger partial charge is 0.465 e. The summed E-state index contributed by atoms with van der Waals surface area (Å²) in [7, 11) is 1.83. The van der Waals surface area contributed by atoms with Crippen molar-refractivity contribution in [2.24, 2.45) is 5.92 Å². The summed E-state index contributed by atoms with van der Waals surface area (Å²) in [6, 6.07) is 0. The number of esters is 1. The summed E-state index contributed by atoms with van der Waals surface area (Å²) in [4.78, 5) is 11.9. The topological polar surface area (TPSA) is 57.2 Å². The Balaban J connectivity index is 4.79. The molecule has 0 bridgehead atoms. The van der Waals surface area contributed by atoms with Crippen LogP contribution in [-0.2, 0) is 22.8 Å². The predicted octanol–water partition coefficient (Wildman–Crippen LogP) is 1.66. The summed E-state index contributed by atoms with van der Waals surface area (Å²) in [6.07, 6.45) is 1.74. The highest BCUT2D eigenvalue weighted by Gasteiger charge is 2.47. The fourth-order valence-corrected chi connectivity index (χ4v) is 4.27. The maximum absolute atomic E-state index is 11.9. The molecule has 0 aromatic carbocycles. The Kier molecular flexibility index (Phi) is 10.0. The summed E-state index contributed by atoms with van der Waals surface area (Å²) in [5.41, 5.74) is 0. The summed E-state index contributed by atoms with van der Waals surface area (Å²) in [5.74, 6) is -0.445. The molecule has 0 saturated heterocycles. The highest BCUT2D eigenvalue weighted by Crippen LogP contribution is 2.16. The van der Waals surface area contributed by atoms with Gasteiger partial charge in [-0.15, -0.1) is 0 Å². The van der Waals surface area contributed by atoms with Crippen molar-refractivity contribution in [2.75, 3.05) is 41.0 Å². The normalized spacial score (nSPS) is 13.6.